The highest BCUT2D eigenvalue weighted by Crippen LogP contribution is 2.31. The van der Waals surface area contributed by atoms with Gasteiger partial charge in [-0.2, -0.15) is 0 Å². The predicted molar refractivity (Wildman–Crippen MR) is 95.9 cm³/mol. The summed E-state index contributed by atoms with van der Waals surface area (Å²) in [5, 5.41) is 0. The van der Waals surface area contributed by atoms with E-state index < -0.39 is 0 Å². The maximum absolute atomic E-state index is 12.4. The quantitative estimate of drug-likeness (QED) is 0.631. The first kappa shape index (κ1) is 15.5. The average Bonchev–Trinajstić information content (AvgIpc) is 3.15. The van der Waals surface area contributed by atoms with E-state index in [1.807, 2.05) is 35.5 Å². The Morgan fingerprint density at radius 1 is 1.04 bits per heavy atom. The average molecular weight is 333 g/mol. The molecule has 25 heavy (non-hydrogen) atoms. The zero-order valence-corrected chi connectivity index (χ0v) is 13.8. The SMILES string of the molecule is O=C(/C=C/N1C=CC(c2ccccc2)C1)c1ccc2c(c1)OCCO2. The summed E-state index contributed by atoms with van der Waals surface area (Å²) in [5.74, 6) is 1.64. The molecule has 0 aliphatic carbocycles. The summed E-state index contributed by atoms with van der Waals surface area (Å²) in [4.78, 5) is 14.4. The second kappa shape index (κ2) is 6.85. The number of benzene rings is 2. The van der Waals surface area contributed by atoms with Gasteiger partial charge in [-0.3, -0.25) is 4.79 Å². The Kier molecular flexibility index (Phi) is 4.25. The molecule has 1 unspecified atom stereocenters. The minimum atomic E-state index is -0.0477. The van der Waals surface area contributed by atoms with Gasteiger partial charge in [-0.25, -0.2) is 0 Å². The summed E-state index contributed by atoms with van der Waals surface area (Å²) < 4.78 is 11.0. The lowest BCUT2D eigenvalue weighted by Crippen LogP contribution is -2.15. The van der Waals surface area contributed by atoms with Crippen molar-refractivity contribution in [2.45, 2.75) is 5.92 Å². The molecule has 126 valence electrons. The molecular weight excluding hydrogens is 314 g/mol. The third-order valence-electron chi connectivity index (χ3n) is 4.39. The van der Waals surface area contributed by atoms with E-state index in [1.165, 1.54) is 5.56 Å². The highest BCUT2D eigenvalue weighted by molar-refractivity contribution is 6.04. The van der Waals surface area contributed by atoms with Crippen molar-refractivity contribution in [2.75, 3.05) is 19.8 Å². The first-order chi connectivity index (χ1) is 12.3. The van der Waals surface area contributed by atoms with E-state index in [-0.39, 0.29) is 5.78 Å². The molecule has 0 amide bonds. The van der Waals surface area contributed by atoms with E-state index in [0.29, 0.717) is 36.2 Å². The van der Waals surface area contributed by atoms with Crippen LogP contribution in [-0.4, -0.2) is 30.4 Å². The second-order valence-electron chi connectivity index (χ2n) is 6.09. The van der Waals surface area contributed by atoms with Crippen molar-refractivity contribution in [3.05, 3.63) is 84.2 Å². The molecule has 4 heteroatoms. The van der Waals surface area contributed by atoms with Crippen molar-refractivity contribution >= 4 is 5.78 Å². The van der Waals surface area contributed by atoms with Crippen LogP contribution >= 0.6 is 0 Å². The van der Waals surface area contributed by atoms with Gasteiger partial charge in [-0.15, -0.1) is 0 Å². The van der Waals surface area contributed by atoms with Gasteiger partial charge < -0.3 is 14.4 Å². The van der Waals surface area contributed by atoms with Gasteiger partial charge in [0.15, 0.2) is 17.3 Å². The van der Waals surface area contributed by atoms with E-state index in [1.54, 1.807) is 24.3 Å². The Morgan fingerprint density at radius 3 is 2.68 bits per heavy atom. The second-order valence-corrected chi connectivity index (χ2v) is 6.09. The predicted octanol–water partition coefficient (Wildman–Crippen LogP) is 3.77. The van der Waals surface area contributed by atoms with Crippen LogP contribution in [-0.2, 0) is 0 Å². The molecule has 0 aromatic heterocycles. The fourth-order valence-electron chi connectivity index (χ4n) is 3.05. The van der Waals surface area contributed by atoms with E-state index >= 15 is 0 Å². The summed E-state index contributed by atoms with van der Waals surface area (Å²) in [6.45, 7) is 1.90. The van der Waals surface area contributed by atoms with Crippen molar-refractivity contribution in [2.24, 2.45) is 0 Å². The van der Waals surface area contributed by atoms with Crippen LogP contribution in [0.3, 0.4) is 0 Å². The molecule has 2 aliphatic rings. The fourth-order valence-corrected chi connectivity index (χ4v) is 3.05. The number of nitrogens with zero attached hydrogens (tertiary/aromatic N) is 1. The van der Waals surface area contributed by atoms with Crippen LogP contribution < -0.4 is 9.47 Å². The molecule has 2 heterocycles. The van der Waals surface area contributed by atoms with Crippen molar-refractivity contribution in [3.8, 4) is 11.5 Å². The minimum Gasteiger partial charge on any atom is -0.486 e. The Labute approximate surface area is 147 Å². The Hall–Kier alpha value is -3.01. The van der Waals surface area contributed by atoms with Gasteiger partial charge in [0.2, 0.25) is 0 Å². The van der Waals surface area contributed by atoms with E-state index in [4.69, 9.17) is 9.47 Å². The number of fused-ring (bicyclic) bond motifs is 1. The van der Waals surface area contributed by atoms with Crippen LogP contribution in [0, 0.1) is 0 Å². The summed E-state index contributed by atoms with van der Waals surface area (Å²) in [6, 6.07) is 15.7. The fraction of sp³-hybridized carbons (Fsp3) is 0.190. The highest BCUT2D eigenvalue weighted by atomic mass is 16.6. The van der Waals surface area contributed by atoms with Crippen LogP contribution in [0.4, 0.5) is 0 Å². The molecule has 1 atom stereocenters. The number of hydrogen-bond donors (Lipinski definition) is 0. The first-order valence-electron chi connectivity index (χ1n) is 8.41. The molecule has 2 aromatic rings. The third-order valence-corrected chi connectivity index (χ3v) is 4.39. The largest absolute Gasteiger partial charge is 0.486 e. The van der Waals surface area contributed by atoms with Gasteiger partial charge >= 0.3 is 0 Å². The highest BCUT2D eigenvalue weighted by Gasteiger charge is 2.17. The molecule has 0 saturated carbocycles. The van der Waals surface area contributed by atoms with Crippen molar-refractivity contribution in [1.29, 1.82) is 0 Å². The van der Waals surface area contributed by atoms with Gasteiger partial charge in [-0.1, -0.05) is 36.4 Å². The maximum Gasteiger partial charge on any atom is 0.187 e. The molecule has 0 fully saturated rings. The zero-order chi connectivity index (χ0) is 17.1. The number of ether oxygens (including phenoxy) is 2. The zero-order valence-electron chi connectivity index (χ0n) is 13.8. The molecule has 2 aromatic carbocycles. The number of ketones is 1. The topological polar surface area (TPSA) is 38.8 Å². The lowest BCUT2D eigenvalue weighted by atomic mass is 10.0. The molecule has 0 radical (unpaired) electrons. The molecule has 0 bridgehead atoms. The number of carbonyl (C=O) groups is 1. The van der Waals surface area contributed by atoms with Gasteiger partial charge in [0.1, 0.15) is 13.2 Å². The van der Waals surface area contributed by atoms with Crippen LogP contribution in [0.25, 0.3) is 0 Å². The monoisotopic (exact) mass is 333 g/mol. The van der Waals surface area contributed by atoms with Crippen molar-refractivity contribution in [3.63, 3.8) is 0 Å². The van der Waals surface area contributed by atoms with E-state index in [2.05, 4.69) is 18.2 Å². The summed E-state index contributed by atoms with van der Waals surface area (Å²) in [6.07, 6.45) is 7.61. The normalized spacial score (nSPS) is 18.7. The van der Waals surface area contributed by atoms with Crippen LogP contribution in [0.1, 0.15) is 21.8 Å². The Morgan fingerprint density at radius 2 is 1.84 bits per heavy atom. The van der Waals surface area contributed by atoms with Crippen molar-refractivity contribution < 1.29 is 14.3 Å². The minimum absolute atomic E-state index is 0.0477. The Balaban J connectivity index is 1.41. The van der Waals surface area contributed by atoms with Gasteiger partial charge in [0.05, 0.1) is 0 Å². The maximum atomic E-state index is 12.4. The van der Waals surface area contributed by atoms with Crippen LogP contribution in [0.2, 0.25) is 0 Å². The van der Waals surface area contributed by atoms with Gasteiger partial charge in [0.25, 0.3) is 0 Å². The summed E-state index contributed by atoms with van der Waals surface area (Å²) in [5.41, 5.74) is 1.89. The summed E-state index contributed by atoms with van der Waals surface area (Å²) in [7, 11) is 0. The lowest BCUT2D eigenvalue weighted by molar-refractivity contribution is 0.104. The number of carbonyl (C=O) groups excluding carboxylic acids is 1. The van der Waals surface area contributed by atoms with Gasteiger partial charge in [0, 0.05) is 36.5 Å². The van der Waals surface area contributed by atoms with Crippen LogP contribution in [0.5, 0.6) is 11.5 Å². The smallest absolute Gasteiger partial charge is 0.187 e. The molecule has 0 saturated heterocycles. The van der Waals surface area contributed by atoms with E-state index in [9.17, 15) is 4.79 Å². The molecule has 2 aliphatic heterocycles. The number of rotatable bonds is 4. The standard InChI is InChI=1S/C21H19NO3/c23-19(17-6-7-20-21(14-17)25-13-12-24-20)9-11-22-10-8-18(15-22)16-4-2-1-3-5-16/h1-11,14,18H,12-13,15H2/b11-9+. The third kappa shape index (κ3) is 3.43. The number of hydrogen-bond acceptors (Lipinski definition) is 4. The number of allylic oxidation sites excluding steroid dienone is 1. The van der Waals surface area contributed by atoms with Crippen molar-refractivity contribution in [1.82, 2.24) is 4.90 Å². The molecule has 0 N–H and O–H groups in total. The Bertz CT molecular complexity index is 826. The first-order valence-corrected chi connectivity index (χ1v) is 8.41. The molecule has 4 rings (SSSR count). The summed E-state index contributed by atoms with van der Waals surface area (Å²) >= 11 is 0. The molecule has 0 spiro atoms. The van der Waals surface area contributed by atoms with Gasteiger partial charge in [-0.05, 0) is 23.8 Å². The van der Waals surface area contributed by atoms with Crippen LogP contribution in [0.15, 0.2) is 73.1 Å². The molecule has 4 nitrogen and oxygen atoms in total. The van der Waals surface area contributed by atoms with E-state index in [0.717, 1.165) is 6.54 Å². The molecular formula is C21H19NO3. The lowest BCUT2D eigenvalue weighted by Gasteiger charge is -2.18.